The van der Waals surface area contributed by atoms with E-state index in [9.17, 15) is 4.79 Å². The zero-order valence-corrected chi connectivity index (χ0v) is 8.35. The molecule has 1 aliphatic carbocycles. The molecule has 2 aliphatic rings. The molecule has 2 fully saturated rings. The maximum absolute atomic E-state index is 11.8. The predicted molar refractivity (Wildman–Crippen MR) is 52.5 cm³/mol. The van der Waals surface area contributed by atoms with Crippen molar-refractivity contribution < 1.29 is 9.90 Å². The molecule has 1 saturated heterocycles. The molecular formula is C10H18N2O2. The van der Waals surface area contributed by atoms with Gasteiger partial charge in [-0.1, -0.05) is 6.42 Å². The number of aliphatic hydroxyl groups is 1. The third-order valence-corrected chi connectivity index (χ3v) is 3.24. The summed E-state index contributed by atoms with van der Waals surface area (Å²) < 4.78 is 0. The van der Waals surface area contributed by atoms with Crippen LogP contribution in [0.3, 0.4) is 0 Å². The van der Waals surface area contributed by atoms with Crippen molar-refractivity contribution in [2.45, 2.75) is 37.8 Å². The van der Waals surface area contributed by atoms with E-state index in [-0.39, 0.29) is 24.0 Å². The summed E-state index contributed by atoms with van der Waals surface area (Å²) >= 11 is 0. The average Bonchev–Trinajstić information content (AvgIpc) is 2.12. The van der Waals surface area contributed by atoms with Crippen LogP contribution in [-0.2, 0) is 4.79 Å². The van der Waals surface area contributed by atoms with Gasteiger partial charge in [-0.15, -0.1) is 0 Å². The molecule has 1 amide bonds. The number of hydrogen-bond acceptors (Lipinski definition) is 3. The third kappa shape index (κ3) is 1.91. The second-order valence-electron chi connectivity index (χ2n) is 4.52. The fraction of sp³-hybridized carbons (Fsp3) is 0.900. The lowest BCUT2D eigenvalue weighted by atomic mass is 9.84. The summed E-state index contributed by atoms with van der Waals surface area (Å²) in [6.45, 7) is 1.04. The van der Waals surface area contributed by atoms with Crippen LogP contribution < -0.4 is 5.73 Å². The molecule has 0 spiro atoms. The lowest BCUT2D eigenvalue weighted by molar-refractivity contribution is -0.146. The summed E-state index contributed by atoms with van der Waals surface area (Å²) in [5.41, 5.74) is 5.83. The molecule has 0 unspecified atom stereocenters. The van der Waals surface area contributed by atoms with E-state index in [2.05, 4.69) is 0 Å². The number of rotatable bonds is 1. The van der Waals surface area contributed by atoms with Crippen LogP contribution in [0.5, 0.6) is 0 Å². The first kappa shape index (κ1) is 9.93. The molecule has 0 radical (unpaired) electrons. The van der Waals surface area contributed by atoms with Crippen LogP contribution in [0.1, 0.15) is 25.7 Å². The predicted octanol–water partition coefficient (Wildman–Crippen LogP) is -0.293. The second-order valence-corrected chi connectivity index (χ2v) is 4.52. The van der Waals surface area contributed by atoms with Crippen LogP contribution in [0.2, 0.25) is 0 Å². The van der Waals surface area contributed by atoms with Crippen LogP contribution in [0, 0.1) is 5.92 Å². The molecule has 1 aliphatic heterocycles. The fourth-order valence-electron chi connectivity index (χ4n) is 2.35. The lowest BCUT2D eigenvalue weighted by Crippen LogP contribution is -2.56. The van der Waals surface area contributed by atoms with Gasteiger partial charge in [-0.2, -0.15) is 0 Å². The standard InChI is InChI=1S/C10H18N2O2/c11-8-3-1-2-7(4-8)10(14)12-5-9(13)6-12/h7-9,13H,1-6,11H2/t7-,8+/m0/s1. The smallest absolute Gasteiger partial charge is 0.225 e. The highest BCUT2D eigenvalue weighted by Gasteiger charge is 2.34. The largest absolute Gasteiger partial charge is 0.389 e. The number of carbonyl (C=O) groups excluding carboxylic acids is 1. The summed E-state index contributed by atoms with van der Waals surface area (Å²) in [5.74, 6) is 0.316. The highest BCUT2D eigenvalue weighted by molar-refractivity contribution is 5.79. The number of carbonyl (C=O) groups is 1. The molecule has 1 heterocycles. The Bertz CT molecular complexity index is 226. The van der Waals surface area contributed by atoms with Gasteiger partial charge in [-0.05, 0) is 19.3 Å². The number of β-amino-alcohol motifs (C(OH)–C–C–N with tert-alkyl or cyclic N) is 1. The Balaban J connectivity index is 1.85. The Morgan fingerprint density at radius 1 is 1.36 bits per heavy atom. The summed E-state index contributed by atoms with van der Waals surface area (Å²) in [5, 5.41) is 9.10. The Labute approximate surface area is 84.1 Å². The number of hydrogen-bond donors (Lipinski definition) is 2. The summed E-state index contributed by atoms with van der Waals surface area (Å²) in [4.78, 5) is 13.6. The van der Waals surface area contributed by atoms with Crippen molar-refractivity contribution in [1.29, 1.82) is 0 Å². The second kappa shape index (κ2) is 3.87. The summed E-state index contributed by atoms with van der Waals surface area (Å²) in [7, 11) is 0. The van der Waals surface area contributed by atoms with Gasteiger partial charge >= 0.3 is 0 Å². The van der Waals surface area contributed by atoms with Crippen molar-refractivity contribution >= 4 is 5.91 Å². The Hall–Kier alpha value is -0.610. The number of aliphatic hydroxyl groups excluding tert-OH is 1. The van der Waals surface area contributed by atoms with Gasteiger partial charge in [0.15, 0.2) is 0 Å². The van der Waals surface area contributed by atoms with Crippen molar-refractivity contribution in [3.05, 3.63) is 0 Å². The van der Waals surface area contributed by atoms with Gasteiger partial charge in [0, 0.05) is 25.0 Å². The van der Waals surface area contributed by atoms with E-state index in [1.807, 2.05) is 0 Å². The van der Waals surface area contributed by atoms with Gasteiger partial charge in [0.05, 0.1) is 6.10 Å². The molecule has 0 aromatic heterocycles. The van der Waals surface area contributed by atoms with E-state index in [1.54, 1.807) is 4.90 Å². The van der Waals surface area contributed by atoms with Crippen LogP contribution >= 0.6 is 0 Å². The zero-order chi connectivity index (χ0) is 10.1. The van der Waals surface area contributed by atoms with E-state index in [1.165, 1.54) is 0 Å². The van der Waals surface area contributed by atoms with Gasteiger partial charge in [-0.3, -0.25) is 4.79 Å². The normalized spacial score (nSPS) is 34.0. The highest BCUT2D eigenvalue weighted by Crippen LogP contribution is 2.26. The molecule has 3 N–H and O–H groups in total. The first-order valence-corrected chi connectivity index (χ1v) is 5.39. The van der Waals surface area contributed by atoms with Crippen LogP contribution in [0.15, 0.2) is 0 Å². The number of nitrogens with zero attached hydrogens (tertiary/aromatic N) is 1. The summed E-state index contributed by atoms with van der Waals surface area (Å²) in [6.07, 6.45) is 3.61. The van der Waals surface area contributed by atoms with Gasteiger partial charge in [0.2, 0.25) is 5.91 Å². The molecule has 2 atom stereocenters. The molecule has 14 heavy (non-hydrogen) atoms. The molecule has 4 heteroatoms. The molecule has 80 valence electrons. The topological polar surface area (TPSA) is 66.6 Å². The van der Waals surface area contributed by atoms with Gasteiger partial charge in [0.1, 0.15) is 0 Å². The zero-order valence-electron chi connectivity index (χ0n) is 8.35. The first-order valence-electron chi connectivity index (χ1n) is 5.39. The maximum Gasteiger partial charge on any atom is 0.225 e. The van der Waals surface area contributed by atoms with Crippen molar-refractivity contribution in [3.63, 3.8) is 0 Å². The van der Waals surface area contributed by atoms with E-state index in [0.717, 1.165) is 25.7 Å². The maximum atomic E-state index is 11.8. The monoisotopic (exact) mass is 198 g/mol. The Morgan fingerprint density at radius 3 is 2.64 bits per heavy atom. The van der Waals surface area contributed by atoms with Crippen molar-refractivity contribution in [2.24, 2.45) is 11.7 Å². The minimum absolute atomic E-state index is 0.117. The quantitative estimate of drug-likeness (QED) is 0.608. The number of amides is 1. The molecule has 0 aromatic carbocycles. The van der Waals surface area contributed by atoms with Crippen LogP contribution in [0.4, 0.5) is 0 Å². The third-order valence-electron chi connectivity index (χ3n) is 3.24. The molecular weight excluding hydrogens is 180 g/mol. The van der Waals surface area contributed by atoms with E-state index in [0.29, 0.717) is 13.1 Å². The van der Waals surface area contributed by atoms with E-state index >= 15 is 0 Å². The van der Waals surface area contributed by atoms with E-state index in [4.69, 9.17) is 10.8 Å². The van der Waals surface area contributed by atoms with Gasteiger partial charge in [-0.25, -0.2) is 0 Å². The number of nitrogens with two attached hydrogens (primary N) is 1. The van der Waals surface area contributed by atoms with Crippen LogP contribution in [-0.4, -0.2) is 41.1 Å². The SMILES string of the molecule is N[C@@H]1CCC[C@H](C(=O)N2CC(O)C2)C1. The fourth-order valence-corrected chi connectivity index (χ4v) is 2.35. The van der Waals surface area contributed by atoms with E-state index < -0.39 is 0 Å². The lowest BCUT2D eigenvalue weighted by Gasteiger charge is -2.39. The average molecular weight is 198 g/mol. The van der Waals surface area contributed by atoms with Gasteiger partial charge < -0.3 is 15.7 Å². The van der Waals surface area contributed by atoms with Crippen LogP contribution in [0.25, 0.3) is 0 Å². The molecule has 0 aromatic rings. The van der Waals surface area contributed by atoms with Crippen molar-refractivity contribution in [3.8, 4) is 0 Å². The molecule has 0 bridgehead atoms. The molecule has 4 nitrogen and oxygen atoms in total. The molecule has 1 saturated carbocycles. The van der Waals surface area contributed by atoms with Crippen molar-refractivity contribution in [2.75, 3.05) is 13.1 Å². The first-order chi connectivity index (χ1) is 6.66. The summed E-state index contributed by atoms with van der Waals surface area (Å²) in [6, 6.07) is 0.198. The van der Waals surface area contributed by atoms with Crippen molar-refractivity contribution in [1.82, 2.24) is 4.90 Å². The minimum Gasteiger partial charge on any atom is -0.389 e. The highest BCUT2D eigenvalue weighted by atomic mass is 16.3. The number of likely N-dealkylation sites (tertiary alicyclic amines) is 1. The Morgan fingerprint density at radius 2 is 2.07 bits per heavy atom. The minimum atomic E-state index is -0.295. The molecule has 2 rings (SSSR count). The Kier molecular flexibility index (Phi) is 2.74. The van der Waals surface area contributed by atoms with Gasteiger partial charge in [0.25, 0.3) is 0 Å².